The number of imide groups is 1. The SMILES string of the molecule is COC1C=CC2=C(C=C1)C(=O)N(C[C@@]1(c3cc4cnc(-c5c(C)noc5C)cc4o3)NC(=O)NC1=O)C2. The van der Waals surface area contributed by atoms with E-state index in [0.717, 1.165) is 11.1 Å². The minimum Gasteiger partial charge on any atom is -0.458 e. The average Bonchev–Trinajstić information content (AvgIpc) is 3.56. The molecule has 2 N–H and O–H groups in total. The molecule has 0 radical (unpaired) electrons. The molecule has 11 heteroatoms. The lowest BCUT2D eigenvalue weighted by Gasteiger charge is -2.29. The first kappa shape index (κ1) is 22.9. The van der Waals surface area contributed by atoms with Crippen LogP contribution in [0.1, 0.15) is 17.2 Å². The van der Waals surface area contributed by atoms with Crippen LogP contribution in [0.15, 0.2) is 62.7 Å². The predicted octanol–water partition coefficient (Wildman–Crippen LogP) is 2.41. The zero-order chi connectivity index (χ0) is 25.9. The highest BCUT2D eigenvalue weighted by Crippen LogP contribution is 2.35. The summed E-state index contributed by atoms with van der Waals surface area (Å²) in [6.45, 7) is 3.77. The number of hydrogen-bond acceptors (Lipinski definition) is 8. The Morgan fingerprint density at radius 1 is 1.19 bits per heavy atom. The van der Waals surface area contributed by atoms with Gasteiger partial charge in [-0.25, -0.2) is 4.79 Å². The zero-order valence-corrected chi connectivity index (χ0v) is 20.3. The molecule has 3 aromatic rings. The standard InChI is InChI=1S/C26H23N5O6/c1-13-22(14(2)37-30-13)19-9-20-16(10-27-19)8-21(36-20)26(24(33)28-25(34)29-26)12-31-11-15-4-5-17(35-3)6-7-18(15)23(31)32/h4-10,17H,11-12H2,1-3H3,(H2,28,29,33,34)/t17?,26-/m0/s1. The lowest BCUT2D eigenvalue weighted by atomic mass is 9.95. The van der Waals surface area contributed by atoms with Crippen molar-refractivity contribution in [2.24, 2.45) is 0 Å². The lowest BCUT2D eigenvalue weighted by Crippen LogP contribution is -2.53. The second-order valence-corrected chi connectivity index (χ2v) is 9.25. The molecule has 2 atom stereocenters. The van der Waals surface area contributed by atoms with Crippen LogP contribution in [-0.2, 0) is 19.9 Å². The largest absolute Gasteiger partial charge is 0.458 e. The topological polar surface area (TPSA) is 140 Å². The molecule has 37 heavy (non-hydrogen) atoms. The number of rotatable bonds is 5. The summed E-state index contributed by atoms with van der Waals surface area (Å²) in [6, 6.07) is 2.73. The van der Waals surface area contributed by atoms with Gasteiger partial charge < -0.3 is 23.9 Å². The molecular formula is C26H23N5O6. The van der Waals surface area contributed by atoms with Crippen molar-refractivity contribution >= 4 is 28.8 Å². The molecule has 0 bridgehead atoms. The fraction of sp³-hybridized carbons (Fsp3) is 0.269. The van der Waals surface area contributed by atoms with Crippen LogP contribution in [0.25, 0.3) is 22.2 Å². The Morgan fingerprint density at radius 2 is 2.00 bits per heavy atom. The first-order valence-corrected chi connectivity index (χ1v) is 11.7. The Labute approximate surface area is 210 Å². The summed E-state index contributed by atoms with van der Waals surface area (Å²) in [5.74, 6) is -0.0332. The average molecular weight is 501 g/mol. The highest BCUT2D eigenvalue weighted by atomic mass is 16.5. The van der Waals surface area contributed by atoms with Crippen molar-refractivity contribution in [1.82, 2.24) is 25.7 Å². The van der Waals surface area contributed by atoms with Crippen LogP contribution in [0.2, 0.25) is 0 Å². The van der Waals surface area contributed by atoms with Crippen LogP contribution < -0.4 is 10.6 Å². The summed E-state index contributed by atoms with van der Waals surface area (Å²) in [5, 5.41) is 9.61. The van der Waals surface area contributed by atoms with E-state index < -0.39 is 17.5 Å². The van der Waals surface area contributed by atoms with Crippen LogP contribution in [0.4, 0.5) is 4.79 Å². The molecule has 0 saturated carbocycles. The molecule has 3 aromatic heterocycles. The second kappa shape index (κ2) is 8.27. The summed E-state index contributed by atoms with van der Waals surface area (Å²) in [6.07, 6.45) is 8.64. The summed E-state index contributed by atoms with van der Waals surface area (Å²) in [5.41, 5.74) is 2.23. The van der Waals surface area contributed by atoms with Crippen molar-refractivity contribution < 1.29 is 28.1 Å². The number of carbonyl (C=O) groups excluding carboxylic acids is 3. The summed E-state index contributed by atoms with van der Waals surface area (Å²) < 4.78 is 16.7. The van der Waals surface area contributed by atoms with Crippen LogP contribution in [-0.4, -0.2) is 59.2 Å². The number of carbonyl (C=O) groups is 3. The number of hydrogen-bond donors (Lipinski definition) is 2. The van der Waals surface area contributed by atoms with Crippen molar-refractivity contribution in [1.29, 1.82) is 0 Å². The van der Waals surface area contributed by atoms with Gasteiger partial charge in [0.2, 0.25) is 0 Å². The quantitative estimate of drug-likeness (QED) is 0.508. The van der Waals surface area contributed by atoms with Gasteiger partial charge in [0.25, 0.3) is 11.8 Å². The number of nitrogens with one attached hydrogen (secondary N) is 2. The highest BCUT2D eigenvalue weighted by molar-refractivity contribution is 6.08. The van der Waals surface area contributed by atoms with E-state index in [1.165, 1.54) is 4.90 Å². The number of methoxy groups -OCH3 is 1. The van der Waals surface area contributed by atoms with Gasteiger partial charge in [-0.05, 0) is 25.5 Å². The minimum absolute atomic E-state index is 0.115. The van der Waals surface area contributed by atoms with Crippen molar-refractivity contribution in [2.45, 2.75) is 25.5 Å². The lowest BCUT2D eigenvalue weighted by molar-refractivity contribution is -0.130. The van der Waals surface area contributed by atoms with E-state index in [-0.39, 0.29) is 30.9 Å². The second-order valence-electron chi connectivity index (χ2n) is 9.25. The molecule has 1 fully saturated rings. The van der Waals surface area contributed by atoms with Gasteiger partial charge >= 0.3 is 6.03 Å². The molecular weight excluding hydrogens is 478 g/mol. The summed E-state index contributed by atoms with van der Waals surface area (Å²) >= 11 is 0. The predicted molar refractivity (Wildman–Crippen MR) is 130 cm³/mol. The van der Waals surface area contributed by atoms with Crippen LogP contribution in [0.5, 0.6) is 0 Å². The Balaban J connectivity index is 1.36. The summed E-state index contributed by atoms with van der Waals surface area (Å²) in [4.78, 5) is 44.8. The van der Waals surface area contributed by atoms with E-state index in [1.54, 1.807) is 44.5 Å². The van der Waals surface area contributed by atoms with Gasteiger partial charge in [-0.1, -0.05) is 29.5 Å². The molecule has 3 aliphatic rings. The molecule has 5 heterocycles. The first-order valence-electron chi connectivity index (χ1n) is 11.7. The van der Waals surface area contributed by atoms with Crippen LogP contribution >= 0.6 is 0 Å². The van der Waals surface area contributed by atoms with E-state index in [2.05, 4.69) is 20.8 Å². The smallest absolute Gasteiger partial charge is 0.322 e. The van der Waals surface area contributed by atoms with Crippen LogP contribution in [0, 0.1) is 13.8 Å². The minimum atomic E-state index is -1.61. The molecule has 0 aromatic carbocycles. The third-order valence-electron chi connectivity index (χ3n) is 6.92. The Hall–Kier alpha value is -4.51. The molecule has 2 aliphatic heterocycles. The maximum absolute atomic E-state index is 13.3. The number of fused-ring (bicyclic) bond motifs is 1. The number of aryl methyl sites for hydroxylation is 2. The Bertz CT molecular complexity index is 1560. The van der Waals surface area contributed by atoms with Crippen molar-refractivity contribution in [3.63, 3.8) is 0 Å². The third kappa shape index (κ3) is 3.58. The molecule has 0 spiro atoms. The fourth-order valence-electron chi connectivity index (χ4n) is 5.01. The zero-order valence-electron chi connectivity index (χ0n) is 20.3. The van der Waals surface area contributed by atoms with Gasteiger partial charge in [0, 0.05) is 36.9 Å². The molecule has 1 saturated heterocycles. The van der Waals surface area contributed by atoms with Gasteiger partial charge in [0.15, 0.2) is 5.54 Å². The maximum atomic E-state index is 13.3. The monoisotopic (exact) mass is 501 g/mol. The number of pyridine rings is 1. The van der Waals surface area contributed by atoms with E-state index in [1.807, 2.05) is 19.1 Å². The molecule has 11 nitrogen and oxygen atoms in total. The number of urea groups is 1. The molecule has 188 valence electrons. The highest BCUT2D eigenvalue weighted by Gasteiger charge is 2.53. The van der Waals surface area contributed by atoms with Crippen LogP contribution in [0.3, 0.4) is 0 Å². The molecule has 1 aliphatic carbocycles. The van der Waals surface area contributed by atoms with E-state index in [9.17, 15) is 14.4 Å². The van der Waals surface area contributed by atoms with Gasteiger partial charge in [-0.3, -0.25) is 19.9 Å². The van der Waals surface area contributed by atoms with Gasteiger partial charge in [0.05, 0.1) is 29.6 Å². The van der Waals surface area contributed by atoms with Gasteiger partial charge in [-0.15, -0.1) is 0 Å². The van der Waals surface area contributed by atoms with E-state index in [0.29, 0.717) is 33.7 Å². The number of ether oxygens (including phenoxy) is 1. The van der Waals surface area contributed by atoms with Gasteiger partial charge in [-0.2, -0.15) is 0 Å². The maximum Gasteiger partial charge on any atom is 0.322 e. The molecule has 4 amide bonds. The van der Waals surface area contributed by atoms with Crippen molar-refractivity contribution in [3.05, 3.63) is 71.0 Å². The first-order chi connectivity index (χ1) is 17.8. The van der Waals surface area contributed by atoms with E-state index in [4.69, 9.17) is 13.7 Å². The number of amides is 4. The Morgan fingerprint density at radius 3 is 2.70 bits per heavy atom. The van der Waals surface area contributed by atoms with Crippen molar-refractivity contribution in [2.75, 3.05) is 20.2 Å². The third-order valence-corrected chi connectivity index (χ3v) is 6.92. The number of furan rings is 1. The molecule has 1 unspecified atom stereocenters. The fourth-order valence-corrected chi connectivity index (χ4v) is 5.01. The Kier molecular flexibility index (Phi) is 5.12. The van der Waals surface area contributed by atoms with Gasteiger partial charge in [0.1, 0.15) is 17.1 Å². The van der Waals surface area contributed by atoms with Crippen molar-refractivity contribution in [3.8, 4) is 11.3 Å². The summed E-state index contributed by atoms with van der Waals surface area (Å²) in [7, 11) is 1.59. The number of aromatic nitrogens is 2. The van der Waals surface area contributed by atoms with E-state index >= 15 is 0 Å². The normalized spacial score (nSPS) is 23.2. The number of nitrogens with zero attached hydrogens (tertiary/aromatic N) is 3. The molecule has 6 rings (SSSR count).